The van der Waals surface area contributed by atoms with E-state index in [1.165, 1.54) is 0 Å². The molecule has 0 N–H and O–H groups in total. The molecule has 0 aromatic carbocycles. The maximum Gasteiger partial charge on any atom is 0.128 e. The molecule has 0 saturated carbocycles. The second-order valence-corrected chi connectivity index (χ2v) is 3.28. The summed E-state index contributed by atoms with van der Waals surface area (Å²) < 4.78 is 4.86. The van der Waals surface area contributed by atoms with Crippen molar-refractivity contribution in [1.29, 1.82) is 0 Å². The van der Waals surface area contributed by atoms with Gasteiger partial charge in [0.1, 0.15) is 12.0 Å². The lowest BCUT2D eigenvalue weighted by atomic mass is 10.1. The molecule has 2 rings (SSSR count). The van der Waals surface area contributed by atoms with E-state index in [9.17, 15) is 0 Å². The Balaban J connectivity index is 2.44. The number of aryl methyl sites for hydroxylation is 1. The van der Waals surface area contributed by atoms with Gasteiger partial charge in [-0.05, 0) is 19.1 Å². The van der Waals surface area contributed by atoms with Crippen LogP contribution in [-0.4, -0.2) is 10.1 Å². The van der Waals surface area contributed by atoms with E-state index in [1.54, 1.807) is 12.5 Å². The number of aromatic nitrogens is 2. The number of nitrogens with zero attached hydrogens (tertiary/aromatic N) is 2. The molecule has 2 heterocycles. The summed E-state index contributed by atoms with van der Waals surface area (Å²) in [5.74, 6) is 0.396. The number of rotatable bonds is 2. The molecule has 0 aliphatic rings. The summed E-state index contributed by atoms with van der Waals surface area (Å²) in [7, 11) is 0. The molecule has 0 fully saturated rings. The van der Waals surface area contributed by atoms with Crippen LogP contribution in [0, 0.1) is 6.92 Å². The third-order valence-corrected chi connectivity index (χ3v) is 2.26. The lowest BCUT2D eigenvalue weighted by Crippen LogP contribution is -1.86. The summed E-state index contributed by atoms with van der Waals surface area (Å²) in [4.78, 5) is 4.19. The number of halogens is 1. The topological polar surface area (TPSA) is 38.9 Å². The lowest BCUT2D eigenvalue weighted by Gasteiger charge is -1.97. The van der Waals surface area contributed by atoms with Crippen molar-refractivity contribution in [3.05, 3.63) is 35.9 Å². The minimum absolute atomic E-state index is 0.396. The number of alkyl halides is 1. The van der Waals surface area contributed by atoms with Crippen molar-refractivity contribution in [3.63, 3.8) is 0 Å². The van der Waals surface area contributed by atoms with E-state index in [0.717, 1.165) is 22.5 Å². The maximum atomic E-state index is 5.73. The van der Waals surface area contributed by atoms with E-state index < -0.39 is 0 Å². The molecule has 0 atom stereocenters. The fourth-order valence-electron chi connectivity index (χ4n) is 1.20. The highest BCUT2D eigenvalue weighted by atomic mass is 35.5. The van der Waals surface area contributed by atoms with E-state index in [0.29, 0.717) is 5.88 Å². The van der Waals surface area contributed by atoms with Crippen molar-refractivity contribution < 1.29 is 4.52 Å². The molecule has 3 nitrogen and oxygen atoms in total. The monoisotopic (exact) mass is 208 g/mol. The molecule has 0 unspecified atom stereocenters. The summed E-state index contributed by atoms with van der Waals surface area (Å²) in [6.07, 6.45) is 3.32. The molecule has 0 aliphatic heterocycles. The van der Waals surface area contributed by atoms with Gasteiger partial charge in [0, 0.05) is 23.0 Å². The second kappa shape index (κ2) is 3.80. The minimum Gasteiger partial charge on any atom is -0.364 e. The van der Waals surface area contributed by atoms with Crippen molar-refractivity contribution in [1.82, 2.24) is 10.1 Å². The van der Waals surface area contributed by atoms with Gasteiger partial charge in [0.05, 0.1) is 5.88 Å². The third-order valence-electron chi connectivity index (χ3n) is 1.97. The van der Waals surface area contributed by atoms with E-state index >= 15 is 0 Å². The Kier molecular flexibility index (Phi) is 2.50. The molecule has 0 bridgehead atoms. The van der Waals surface area contributed by atoms with Crippen LogP contribution in [0.3, 0.4) is 0 Å². The van der Waals surface area contributed by atoms with Crippen molar-refractivity contribution in [2.24, 2.45) is 0 Å². The molecular formula is C10H9ClN2O. The van der Waals surface area contributed by atoms with Gasteiger partial charge in [0.15, 0.2) is 0 Å². The molecule has 0 spiro atoms. The van der Waals surface area contributed by atoms with Crippen LogP contribution in [0.15, 0.2) is 29.1 Å². The summed E-state index contributed by atoms with van der Waals surface area (Å²) in [6.45, 7) is 1.94. The Morgan fingerprint density at radius 2 is 2.29 bits per heavy atom. The molecule has 4 heteroatoms. The van der Waals surface area contributed by atoms with Crippen LogP contribution in [0.1, 0.15) is 11.3 Å². The SMILES string of the molecule is Cc1ccc(-c2nocc2CCl)cn1. The number of pyridine rings is 1. The largest absolute Gasteiger partial charge is 0.364 e. The average molecular weight is 209 g/mol. The fraction of sp³-hybridized carbons (Fsp3) is 0.200. The van der Waals surface area contributed by atoms with E-state index in [1.807, 2.05) is 19.1 Å². The first-order valence-corrected chi connectivity index (χ1v) is 4.77. The first-order valence-electron chi connectivity index (χ1n) is 4.23. The molecular weight excluding hydrogens is 200 g/mol. The van der Waals surface area contributed by atoms with E-state index in [4.69, 9.17) is 16.1 Å². The van der Waals surface area contributed by atoms with Gasteiger partial charge in [-0.1, -0.05) is 5.16 Å². The van der Waals surface area contributed by atoms with E-state index in [-0.39, 0.29) is 0 Å². The molecule has 2 aromatic rings. The van der Waals surface area contributed by atoms with Crippen molar-refractivity contribution >= 4 is 11.6 Å². The predicted octanol–water partition coefficient (Wildman–Crippen LogP) is 2.78. The molecule has 0 amide bonds. The maximum absolute atomic E-state index is 5.73. The Labute approximate surface area is 86.7 Å². The van der Waals surface area contributed by atoms with Gasteiger partial charge in [0.2, 0.25) is 0 Å². The Bertz CT molecular complexity index is 422. The molecule has 0 radical (unpaired) electrons. The highest BCUT2D eigenvalue weighted by Gasteiger charge is 2.08. The molecule has 0 aliphatic carbocycles. The normalized spacial score (nSPS) is 10.4. The molecule has 2 aromatic heterocycles. The van der Waals surface area contributed by atoms with Crippen LogP contribution in [0.5, 0.6) is 0 Å². The van der Waals surface area contributed by atoms with Crippen LogP contribution >= 0.6 is 11.6 Å². The standard InChI is InChI=1S/C10H9ClN2O/c1-7-2-3-8(5-12-7)10-9(4-11)6-14-13-10/h2-3,5-6H,4H2,1H3. The molecule has 14 heavy (non-hydrogen) atoms. The highest BCUT2D eigenvalue weighted by molar-refractivity contribution is 6.17. The van der Waals surface area contributed by atoms with Crippen LogP contribution < -0.4 is 0 Å². The van der Waals surface area contributed by atoms with Crippen LogP contribution in [0.25, 0.3) is 11.3 Å². The van der Waals surface area contributed by atoms with Crippen LogP contribution in [0.4, 0.5) is 0 Å². The Morgan fingerprint density at radius 1 is 1.43 bits per heavy atom. The van der Waals surface area contributed by atoms with Gasteiger partial charge < -0.3 is 4.52 Å². The van der Waals surface area contributed by atoms with Crippen LogP contribution in [-0.2, 0) is 5.88 Å². The third kappa shape index (κ3) is 1.63. The van der Waals surface area contributed by atoms with Gasteiger partial charge in [-0.3, -0.25) is 4.98 Å². The highest BCUT2D eigenvalue weighted by Crippen LogP contribution is 2.22. The number of hydrogen-bond acceptors (Lipinski definition) is 3. The Hall–Kier alpha value is -1.35. The van der Waals surface area contributed by atoms with Gasteiger partial charge in [-0.25, -0.2) is 0 Å². The first-order chi connectivity index (χ1) is 6.81. The average Bonchev–Trinajstić information content (AvgIpc) is 2.67. The smallest absolute Gasteiger partial charge is 0.128 e. The Morgan fingerprint density at radius 3 is 2.93 bits per heavy atom. The molecule has 0 saturated heterocycles. The lowest BCUT2D eigenvalue weighted by molar-refractivity contribution is 0.421. The van der Waals surface area contributed by atoms with E-state index in [2.05, 4.69) is 10.1 Å². The summed E-state index contributed by atoms with van der Waals surface area (Å²) in [5, 5.41) is 3.89. The minimum atomic E-state index is 0.396. The van der Waals surface area contributed by atoms with Crippen molar-refractivity contribution in [2.75, 3.05) is 0 Å². The quantitative estimate of drug-likeness (QED) is 0.713. The van der Waals surface area contributed by atoms with Crippen LogP contribution in [0.2, 0.25) is 0 Å². The summed E-state index contributed by atoms with van der Waals surface area (Å²) in [5.41, 5.74) is 3.56. The molecule has 72 valence electrons. The zero-order valence-electron chi connectivity index (χ0n) is 7.70. The van der Waals surface area contributed by atoms with Crippen molar-refractivity contribution in [2.45, 2.75) is 12.8 Å². The van der Waals surface area contributed by atoms with Gasteiger partial charge >= 0.3 is 0 Å². The van der Waals surface area contributed by atoms with Gasteiger partial charge in [0.25, 0.3) is 0 Å². The summed E-state index contributed by atoms with van der Waals surface area (Å²) in [6, 6.07) is 3.89. The zero-order valence-corrected chi connectivity index (χ0v) is 8.45. The zero-order chi connectivity index (χ0) is 9.97. The predicted molar refractivity (Wildman–Crippen MR) is 54.0 cm³/mol. The number of hydrogen-bond donors (Lipinski definition) is 0. The van der Waals surface area contributed by atoms with Gasteiger partial charge in [-0.2, -0.15) is 0 Å². The fourth-order valence-corrected chi connectivity index (χ4v) is 1.39. The van der Waals surface area contributed by atoms with Gasteiger partial charge in [-0.15, -0.1) is 11.6 Å². The first kappa shape index (κ1) is 9.21. The summed E-state index contributed by atoms with van der Waals surface area (Å²) >= 11 is 5.73. The second-order valence-electron chi connectivity index (χ2n) is 3.01. The van der Waals surface area contributed by atoms with Crippen molar-refractivity contribution in [3.8, 4) is 11.3 Å².